The van der Waals surface area contributed by atoms with E-state index in [1.165, 1.54) is 12.1 Å². The molecule has 1 aromatic rings. The van der Waals surface area contributed by atoms with Crippen molar-refractivity contribution in [2.75, 3.05) is 6.54 Å². The Hall–Kier alpha value is -1.42. The number of amides is 1. The largest absolute Gasteiger partial charge is 0.322 e. The van der Waals surface area contributed by atoms with Gasteiger partial charge in [0.25, 0.3) is 0 Å². The zero-order valence-electron chi connectivity index (χ0n) is 13.1. The van der Waals surface area contributed by atoms with Gasteiger partial charge in [0.15, 0.2) is 0 Å². The van der Waals surface area contributed by atoms with E-state index >= 15 is 0 Å². The molecule has 0 spiro atoms. The van der Waals surface area contributed by atoms with Gasteiger partial charge < -0.3 is 4.90 Å². The first-order valence-electron chi connectivity index (χ1n) is 7.86. The number of unbranched alkanes of at least 4 members (excludes halogenated alkanes) is 2. The summed E-state index contributed by atoms with van der Waals surface area (Å²) in [5, 5.41) is 3.37. The highest BCUT2D eigenvalue weighted by Crippen LogP contribution is 2.28. The highest BCUT2D eigenvalue weighted by atomic mass is 19.1. The zero-order chi connectivity index (χ0) is 15.4. The molecule has 1 aliphatic heterocycles. The maximum absolute atomic E-state index is 13.5. The van der Waals surface area contributed by atoms with Crippen molar-refractivity contribution in [2.24, 2.45) is 5.92 Å². The Bertz CT molecular complexity index is 489. The molecule has 1 aliphatic rings. The fourth-order valence-electron chi connectivity index (χ4n) is 2.84. The molecule has 1 N–H and O–H groups in total. The maximum Gasteiger partial charge on any atom is 0.241 e. The lowest BCUT2D eigenvalue weighted by Crippen LogP contribution is -2.34. The van der Waals surface area contributed by atoms with Gasteiger partial charge in [-0.15, -0.1) is 0 Å². The van der Waals surface area contributed by atoms with Crippen LogP contribution in [0.3, 0.4) is 0 Å². The number of halogens is 1. The summed E-state index contributed by atoms with van der Waals surface area (Å²) in [6, 6.07) is 6.34. The van der Waals surface area contributed by atoms with Crippen molar-refractivity contribution in [3.05, 3.63) is 35.6 Å². The molecule has 0 bridgehead atoms. The maximum atomic E-state index is 13.5. The Balaban J connectivity index is 2.21. The smallest absolute Gasteiger partial charge is 0.241 e. The number of nitrogens with zero attached hydrogens (tertiary/aromatic N) is 1. The summed E-state index contributed by atoms with van der Waals surface area (Å²) in [6.07, 6.45) is 3.00. The lowest BCUT2D eigenvalue weighted by atomic mass is 10.0. The molecule has 1 saturated heterocycles. The van der Waals surface area contributed by atoms with E-state index in [-0.39, 0.29) is 29.8 Å². The first-order chi connectivity index (χ1) is 10.0. The summed E-state index contributed by atoms with van der Waals surface area (Å²) >= 11 is 0. The lowest BCUT2D eigenvalue weighted by molar-refractivity contribution is -0.130. The van der Waals surface area contributed by atoms with Crippen LogP contribution in [0.1, 0.15) is 51.8 Å². The predicted molar refractivity (Wildman–Crippen MR) is 82.1 cm³/mol. The zero-order valence-corrected chi connectivity index (χ0v) is 13.1. The minimum atomic E-state index is -0.261. The van der Waals surface area contributed by atoms with E-state index in [1.807, 2.05) is 24.8 Å². The van der Waals surface area contributed by atoms with Gasteiger partial charge in [0.2, 0.25) is 5.91 Å². The molecule has 2 rings (SSSR count). The van der Waals surface area contributed by atoms with E-state index in [1.54, 1.807) is 6.07 Å². The van der Waals surface area contributed by atoms with Crippen LogP contribution >= 0.6 is 0 Å². The molecular formula is C17H25FN2O. The summed E-state index contributed by atoms with van der Waals surface area (Å²) in [4.78, 5) is 14.4. The lowest BCUT2D eigenvalue weighted by Gasteiger charge is -2.24. The quantitative estimate of drug-likeness (QED) is 0.814. The number of benzene rings is 1. The summed E-state index contributed by atoms with van der Waals surface area (Å²) in [5.74, 6) is 0.100. The molecular weight excluding hydrogens is 267 g/mol. The van der Waals surface area contributed by atoms with Gasteiger partial charge in [-0.3, -0.25) is 10.1 Å². The van der Waals surface area contributed by atoms with Crippen LogP contribution in [0.25, 0.3) is 0 Å². The predicted octanol–water partition coefficient (Wildman–Crippen LogP) is 3.47. The fourth-order valence-corrected chi connectivity index (χ4v) is 2.84. The minimum Gasteiger partial charge on any atom is -0.322 e. The molecule has 0 saturated carbocycles. The van der Waals surface area contributed by atoms with Crippen LogP contribution in [0, 0.1) is 11.7 Å². The molecule has 0 aliphatic carbocycles. The third-order valence-electron chi connectivity index (χ3n) is 4.03. The van der Waals surface area contributed by atoms with Crippen LogP contribution in [-0.4, -0.2) is 23.4 Å². The second kappa shape index (κ2) is 7.03. The Kier molecular flexibility index (Phi) is 5.34. The van der Waals surface area contributed by atoms with E-state index in [0.29, 0.717) is 0 Å². The van der Waals surface area contributed by atoms with E-state index in [0.717, 1.165) is 31.4 Å². The number of rotatable bonds is 6. The van der Waals surface area contributed by atoms with Crippen LogP contribution < -0.4 is 5.32 Å². The highest BCUT2D eigenvalue weighted by molar-refractivity contribution is 5.84. The molecule has 4 heteroatoms. The monoisotopic (exact) mass is 292 g/mol. The van der Waals surface area contributed by atoms with Crippen molar-refractivity contribution in [2.45, 2.75) is 52.2 Å². The molecule has 2 atom stereocenters. The van der Waals surface area contributed by atoms with Gasteiger partial charge in [-0.05, 0) is 30.0 Å². The summed E-state index contributed by atoms with van der Waals surface area (Å²) in [7, 11) is 0. The third-order valence-corrected chi connectivity index (χ3v) is 4.03. The fraction of sp³-hybridized carbons (Fsp3) is 0.588. The summed E-state index contributed by atoms with van der Waals surface area (Å²) in [5.41, 5.74) is 0.822. The van der Waals surface area contributed by atoms with Gasteiger partial charge in [-0.1, -0.05) is 45.7 Å². The molecule has 1 fully saturated rings. The molecule has 0 radical (unpaired) electrons. The third kappa shape index (κ3) is 3.62. The van der Waals surface area contributed by atoms with Crippen molar-refractivity contribution in [1.29, 1.82) is 0 Å². The van der Waals surface area contributed by atoms with E-state index < -0.39 is 0 Å². The first-order valence-corrected chi connectivity index (χ1v) is 7.86. The number of hydrogen-bond donors (Lipinski definition) is 1. The van der Waals surface area contributed by atoms with Gasteiger partial charge in [0, 0.05) is 6.54 Å². The first kappa shape index (κ1) is 16.0. The Morgan fingerprint density at radius 1 is 1.33 bits per heavy atom. The molecule has 2 unspecified atom stereocenters. The normalized spacial score (nSPS) is 22.3. The minimum absolute atomic E-state index is 0.135. The van der Waals surface area contributed by atoms with Gasteiger partial charge in [0.05, 0.1) is 6.04 Å². The van der Waals surface area contributed by atoms with E-state index in [2.05, 4.69) is 12.2 Å². The second-order valence-corrected chi connectivity index (χ2v) is 6.08. The average molecular weight is 292 g/mol. The van der Waals surface area contributed by atoms with Gasteiger partial charge in [-0.25, -0.2) is 4.39 Å². The summed E-state index contributed by atoms with van der Waals surface area (Å²) in [6.45, 7) is 6.94. The van der Waals surface area contributed by atoms with E-state index in [9.17, 15) is 9.18 Å². The highest BCUT2D eigenvalue weighted by Gasteiger charge is 2.40. The van der Waals surface area contributed by atoms with Gasteiger partial charge >= 0.3 is 0 Å². The van der Waals surface area contributed by atoms with Crippen LogP contribution in [0.5, 0.6) is 0 Å². The molecule has 1 aromatic carbocycles. The van der Waals surface area contributed by atoms with Crippen LogP contribution in [-0.2, 0) is 4.79 Å². The van der Waals surface area contributed by atoms with Crippen molar-refractivity contribution in [3.63, 3.8) is 0 Å². The van der Waals surface area contributed by atoms with Crippen molar-refractivity contribution in [1.82, 2.24) is 10.2 Å². The standard InChI is InChI=1S/C17H25FN2O/c1-4-5-6-10-20-16(13-8-7-9-14(18)11-13)19-15(12(2)3)17(20)21/h7-9,11-12,15-16,19H,4-6,10H2,1-3H3. The van der Waals surface area contributed by atoms with Crippen molar-refractivity contribution < 1.29 is 9.18 Å². The molecule has 21 heavy (non-hydrogen) atoms. The Morgan fingerprint density at radius 2 is 2.10 bits per heavy atom. The molecule has 116 valence electrons. The molecule has 1 amide bonds. The Morgan fingerprint density at radius 3 is 2.71 bits per heavy atom. The van der Waals surface area contributed by atoms with Gasteiger partial charge in [0.1, 0.15) is 12.0 Å². The van der Waals surface area contributed by atoms with Crippen LogP contribution in [0.15, 0.2) is 24.3 Å². The van der Waals surface area contributed by atoms with Crippen molar-refractivity contribution >= 4 is 5.91 Å². The van der Waals surface area contributed by atoms with Crippen molar-refractivity contribution in [3.8, 4) is 0 Å². The second-order valence-electron chi connectivity index (χ2n) is 6.08. The van der Waals surface area contributed by atoms with Crippen LogP contribution in [0.2, 0.25) is 0 Å². The number of carbonyl (C=O) groups excluding carboxylic acids is 1. The molecule has 3 nitrogen and oxygen atoms in total. The number of nitrogens with one attached hydrogen (secondary N) is 1. The number of hydrogen-bond acceptors (Lipinski definition) is 2. The summed E-state index contributed by atoms with van der Waals surface area (Å²) < 4.78 is 13.5. The van der Waals surface area contributed by atoms with E-state index in [4.69, 9.17) is 0 Å². The average Bonchev–Trinajstić information content (AvgIpc) is 2.77. The number of carbonyl (C=O) groups is 1. The van der Waals surface area contributed by atoms with Gasteiger partial charge in [-0.2, -0.15) is 0 Å². The molecule has 1 heterocycles. The Labute approximate surface area is 126 Å². The van der Waals surface area contributed by atoms with Crippen LogP contribution in [0.4, 0.5) is 4.39 Å². The topological polar surface area (TPSA) is 32.3 Å². The SMILES string of the molecule is CCCCCN1C(=O)C(C(C)C)NC1c1cccc(F)c1. The molecule has 0 aromatic heterocycles.